The Balaban J connectivity index is 1.41. The third kappa shape index (κ3) is 3.53. The Labute approximate surface area is 189 Å². The topological polar surface area (TPSA) is 105 Å². The highest BCUT2D eigenvalue weighted by molar-refractivity contribution is 5.82. The van der Waals surface area contributed by atoms with Crippen LogP contribution in [0.4, 0.5) is 0 Å². The van der Waals surface area contributed by atoms with Crippen LogP contribution in [0.3, 0.4) is 0 Å². The quantitative estimate of drug-likeness (QED) is 0.520. The number of hydrogen-bond acceptors (Lipinski definition) is 5. The molecule has 1 N–H and O–H groups in total. The van der Waals surface area contributed by atoms with Gasteiger partial charge in [-0.2, -0.15) is 5.10 Å². The fourth-order valence-corrected chi connectivity index (χ4v) is 4.63. The van der Waals surface area contributed by atoms with E-state index in [-0.39, 0.29) is 22.9 Å². The summed E-state index contributed by atoms with van der Waals surface area (Å²) < 4.78 is 2.74. The van der Waals surface area contributed by atoms with E-state index in [9.17, 15) is 14.4 Å². The van der Waals surface area contributed by atoms with E-state index in [0.29, 0.717) is 35.4 Å². The number of nitrogens with zero attached hydrogens (tertiary/aromatic N) is 5. The van der Waals surface area contributed by atoms with Crippen LogP contribution in [0.1, 0.15) is 48.7 Å². The predicted octanol–water partition coefficient (Wildman–Crippen LogP) is 2.32. The molecule has 4 aromatic rings. The molecule has 0 unspecified atom stereocenters. The first-order valence-corrected chi connectivity index (χ1v) is 11.2. The molecule has 0 radical (unpaired) electrons. The largest absolute Gasteiger partial charge is 0.340 e. The summed E-state index contributed by atoms with van der Waals surface area (Å²) in [6.07, 6.45) is 3.35. The average Bonchev–Trinajstić information content (AvgIpc) is 3.26. The van der Waals surface area contributed by atoms with Gasteiger partial charge in [-0.3, -0.25) is 19.5 Å². The molecule has 1 amide bonds. The molecule has 9 nitrogen and oxygen atoms in total. The third-order valence-corrected chi connectivity index (χ3v) is 6.72. The first-order valence-electron chi connectivity index (χ1n) is 11.2. The average molecular weight is 447 g/mol. The van der Waals surface area contributed by atoms with Crippen LogP contribution in [-0.2, 0) is 4.79 Å². The van der Waals surface area contributed by atoms with Gasteiger partial charge in [-0.15, -0.1) is 0 Å². The van der Waals surface area contributed by atoms with E-state index in [0.717, 1.165) is 23.9 Å². The molecule has 0 spiro atoms. The Morgan fingerprint density at radius 1 is 1.18 bits per heavy atom. The number of carbonyl (C=O) groups is 1. The molecule has 2 atom stereocenters. The molecule has 0 aliphatic carbocycles. The number of H-pyrrole nitrogens is 1. The monoisotopic (exact) mass is 446 g/mol. The number of rotatable bonds is 3. The first kappa shape index (κ1) is 21.1. The second kappa shape index (κ2) is 7.99. The highest BCUT2D eigenvalue weighted by Crippen LogP contribution is 2.27. The van der Waals surface area contributed by atoms with Crippen molar-refractivity contribution in [2.24, 2.45) is 0 Å². The number of likely N-dealkylation sites (tertiary alicyclic amines) is 1. The van der Waals surface area contributed by atoms with Crippen molar-refractivity contribution in [2.75, 3.05) is 13.1 Å². The van der Waals surface area contributed by atoms with Crippen molar-refractivity contribution in [3.63, 3.8) is 0 Å². The van der Waals surface area contributed by atoms with Gasteiger partial charge >= 0.3 is 0 Å². The molecule has 1 saturated heterocycles. The SMILES string of the molecule is Cc1nc2cc([C@H]3CCCN(C(=O)[C@@H](C)n4ncc5ccccc5c4=O)C3)[nH]n2c(=O)c1C. The molecule has 0 saturated carbocycles. The zero-order chi connectivity index (χ0) is 23.3. The minimum absolute atomic E-state index is 0.0536. The summed E-state index contributed by atoms with van der Waals surface area (Å²) in [5.74, 6) is -0.0828. The van der Waals surface area contributed by atoms with Crippen LogP contribution >= 0.6 is 0 Å². The Hall–Kier alpha value is -3.75. The molecule has 1 aliphatic rings. The van der Waals surface area contributed by atoms with Gasteiger partial charge in [0.2, 0.25) is 5.91 Å². The van der Waals surface area contributed by atoms with E-state index in [1.165, 1.54) is 9.20 Å². The number of hydrogen-bond donors (Lipinski definition) is 1. The first-order chi connectivity index (χ1) is 15.8. The number of aromatic nitrogens is 5. The lowest BCUT2D eigenvalue weighted by Gasteiger charge is -2.34. The second-order valence-electron chi connectivity index (χ2n) is 8.81. The van der Waals surface area contributed by atoms with E-state index < -0.39 is 6.04 Å². The molecule has 5 rings (SSSR count). The fourth-order valence-electron chi connectivity index (χ4n) is 4.63. The van der Waals surface area contributed by atoms with Gasteiger partial charge in [0.25, 0.3) is 11.1 Å². The summed E-state index contributed by atoms with van der Waals surface area (Å²) in [7, 11) is 0. The van der Waals surface area contributed by atoms with Gasteiger partial charge in [-0.05, 0) is 39.7 Å². The zero-order valence-corrected chi connectivity index (χ0v) is 18.9. The highest BCUT2D eigenvalue weighted by Gasteiger charge is 2.30. The third-order valence-electron chi connectivity index (χ3n) is 6.72. The maximum atomic E-state index is 13.3. The summed E-state index contributed by atoms with van der Waals surface area (Å²) >= 11 is 0. The van der Waals surface area contributed by atoms with E-state index in [2.05, 4.69) is 15.2 Å². The molecule has 1 aliphatic heterocycles. The molecule has 1 fully saturated rings. The number of nitrogens with one attached hydrogen (secondary N) is 1. The van der Waals surface area contributed by atoms with E-state index in [1.807, 2.05) is 25.1 Å². The van der Waals surface area contributed by atoms with E-state index >= 15 is 0 Å². The van der Waals surface area contributed by atoms with Crippen LogP contribution in [-0.4, -0.2) is 48.3 Å². The van der Waals surface area contributed by atoms with Crippen LogP contribution in [0.5, 0.6) is 0 Å². The number of aromatic amines is 1. The Bertz CT molecular complexity index is 1500. The summed E-state index contributed by atoms with van der Waals surface area (Å²) in [5.41, 5.74) is 2.42. The maximum Gasteiger partial charge on any atom is 0.275 e. The van der Waals surface area contributed by atoms with Crippen molar-refractivity contribution >= 4 is 22.3 Å². The van der Waals surface area contributed by atoms with Crippen molar-refractivity contribution in [2.45, 2.75) is 45.6 Å². The van der Waals surface area contributed by atoms with Gasteiger partial charge in [-0.25, -0.2) is 14.2 Å². The minimum Gasteiger partial charge on any atom is -0.340 e. The van der Waals surface area contributed by atoms with Gasteiger partial charge < -0.3 is 4.90 Å². The smallest absolute Gasteiger partial charge is 0.275 e. The van der Waals surface area contributed by atoms with Crippen molar-refractivity contribution in [3.8, 4) is 0 Å². The van der Waals surface area contributed by atoms with Gasteiger partial charge in [-0.1, -0.05) is 18.2 Å². The van der Waals surface area contributed by atoms with Crippen molar-refractivity contribution in [3.05, 3.63) is 74.2 Å². The standard InChI is InChI=1S/C24H26N6O3/c1-14-15(2)26-21-11-20(27-30(21)22(14)31)18-8-6-10-28(13-18)23(32)16(3)29-24(33)19-9-5-4-7-17(19)12-25-29/h4-5,7,9,11-12,16,18,27H,6,8,10,13H2,1-3H3/t16-,18+/m1/s1. The molecular weight excluding hydrogens is 420 g/mol. The fraction of sp³-hybridized carbons (Fsp3) is 0.375. The molecule has 33 heavy (non-hydrogen) atoms. The Morgan fingerprint density at radius 3 is 2.79 bits per heavy atom. The normalized spacial score (nSPS) is 17.5. The van der Waals surface area contributed by atoms with Crippen LogP contribution in [0, 0.1) is 13.8 Å². The van der Waals surface area contributed by atoms with Crippen molar-refractivity contribution in [1.82, 2.24) is 29.3 Å². The molecule has 9 heteroatoms. The Morgan fingerprint density at radius 2 is 1.97 bits per heavy atom. The van der Waals surface area contributed by atoms with Crippen LogP contribution in [0.25, 0.3) is 16.4 Å². The summed E-state index contributed by atoms with van der Waals surface area (Å²) in [4.78, 5) is 45.1. The number of fused-ring (bicyclic) bond motifs is 2. The minimum atomic E-state index is -0.710. The number of benzene rings is 1. The second-order valence-corrected chi connectivity index (χ2v) is 8.81. The molecule has 4 heterocycles. The lowest BCUT2D eigenvalue weighted by molar-refractivity contribution is -0.135. The molecule has 1 aromatic carbocycles. The summed E-state index contributed by atoms with van der Waals surface area (Å²) in [6, 6.07) is 8.42. The van der Waals surface area contributed by atoms with Gasteiger partial charge in [0, 0.05) is 47.4 Å². The summed E-state index contributed by atoms with van der Waals surface area (Å²) in [5, 5.41) is 8.75. The van der Waals surface area contributed by atoms with Crippen LogP contribution in [0.2, 0.25) is 0 Å². The number of aryl methyl sites for hydroxylation is 1. The van der Waals surface area contributed by atoms with Gasteiger partial charge in [0.1, 0.15) is 6.04 Å². The Kier molecular flexibility index (Phi) is 5.11. The lowest BCUT2D eigenvalue weighted by atomic mass is 9.94. The lowest BCUT2D eigenvalue weighted by Crippen LogP contribution is -2.44. The number of piperidine rings is 1. The van der Waals surface area contributed by atoms with Crippen LogP contribution < -0.4 is 11.1 Å². The van der Waals surface area contributed by atoms with E-state index in [1.54, 1.807) is 37.1 Å². The predicted molar refractivity (Wildman–Crippen MR) is 125 cm³/mol. The van der Waals surface area contributed by atoms with Gasteiger partial charge in [0.05, 0.1) is 11.6 Å². The molecule has 3 aromatic heterocycles. The number of amides is 1. The number of carbonyl (C=O) groups excluding carboxylic acids is 1. The van der Waals surface area contributed by atoms with Crippen LogP contribution in [0.15, 0.2) is 46.1 Å². The molecular formula is C24H26N6O3. The maximum absolute atomic E-state index is 13.3. The van der Waals surface area contributed by atoms with E-state index in [4.69, 9.17) is 0 Å². The van der Waals surface area contributed by atoms with Crippen molar-refractivity contribution in [1.29, 1.82) is 0 Å². The summed E-state index contributed by atoms with van der Waals surface area (Å²) in [6.45, 7) is 6.44. The van der Waals surface area contributed by atoms with Gasteiger partial charge in [0.15, 0.2) is 5.65 Å². The highest BCUT2D eigenvalue weighted by atomic mass is 16.2. The van der Waals surface area contributed by atoms with Crippen molar-refractivity contribution < 1.29 is 4.79 Å². The molecule has 170 valence electrons. The molecule has 0 bridgehead atoms. The zero-order valence-electron chi connectivity index (χ0n) is 18.9.